The molecule has 1 aliphatic heterocycles. The molecule has 36 heavy (non-hydrogen) atoms. The van der Waals surface area contributed by atoms with Crippen LogP contribution in [-0.2, 0) is 13.0 Å². The van der Waals surface area contributed by atoms with E-state index >= 15 is 0 Å². The summed E-state index contributed by atoms with van der Waals surface area (Å²) < 4.78 is 0. The molecule has 0 bridgehead atoms. The van der Waals surface area contributed by atoms with Gasteiger partial charge in [0.1, 0.15) is 0 Å². The second-order valence-electron chi connectivity index (χ2n) is 9.55. The second-order valence-corrected chi connectivity index (χ2v) is 9.55. The number of aromatic amines is 1. The molecule has 7 heteroatoms. The van der Waals surface area contributed by atoms with Crippen molar-refractivity contribution in [2.75, 3.05) is 18.2 Å². The molecule has 5 rings (SSSR count). The summed E-state index contributed by atoms with van der Waals surface area (Å²) in [4.78, 5) is 3.73. The first-order chi connectivity index (χ1) is 17.6. The SMILES string of the molecule is CCCCN1N=NNN1c1ccc2[nH]c(-c3cc(C)cc(C)c3)c(CCNCc3ccccc3)c2c1. The zero-order valence-corrected chi connectivity index (χ0v) is 21.4. The van der Waals surface area contributed by atoms with Crippen molar-refractivity contribution in [3.8, 4) is 11.3 Å². The molecule has 0 fully saturated rings. The van der Waals surface area contributed by atoms with Crippen molar-refractivity contribution in [3.05, 3.63) is 89.0 Å². The van der Waals surface area contributed by atoms with E-state index in [4.69, 9.17) is 0 Å². The molecule has 0 amide bonds. The molecule has 0 unspecified atom stereocenters. The first kappa shape index (κ1) is 23.9. The Morgan fingerprint density at radius 2 is 1.75 bits per heavy atom. The molecule has 3 aromatic carbocycles. The molecule has 0 aliphatic carbocycles. The van der Waals surface area contributed by atoms with Gasteiger partial charge in [0.15, 0.2) is 0 Å². The van der Waals surface area contributed by atoms with E-state index in [0.717, 1.165) is 50.1 Å². The molecule has 1 aromatic heterocycles. The zero-order chi connectivity index (χ0) is 24.9. The first-order valence-corrected chi connectivity index (χ1v) is 12.8. The van der Waals surface area contributed by atoms with Gasteiger partial charge in [0.05, 0.1) is 12.2 Å². The maximum atomic E-state index is 4.25. The van der Waals surface area contributed by atoms with Gasteiger partial charge in [0, 0.05) is 23.1 Å². The highest BCUT2D eigenvalue weighted by atomic mass is 16.0. The molecule has 2 heterocycles. The van der Waals surface area contributed by atoms with Crippen LogP contribution in [0.15, 0.2) is 77.2 Å². The van der Waals surface area contributed by atoms with Gasteiger partial charge in [0.2, 0.25) is 0 Å². The molecule has 1 aliphatic rings. The van der Waals surface area contributed by atoms with Crippen molar-refractivity contribution >= 4 is 16.6 Å². The van der Waals surface area contributed by atoms with E-state index < -0.39 is 0 Å². The first-order valence-electron chi connectivity index (χ1n) is 12.8. The fourth-order valence-electron chi connectivity index (χ4n) is 4.88. The predicted molar refractivity (Wildman–Crippen MR) is 147 cm³/mol. The highest BCUT2D eigenvalue weighted by Crippen LogP contribution is 2.34. The Morgan fingerprint density at radius 3 is 2.53 bits per heavy atom. The molecule has 0 radical (unpaired) electrons. The maximum absolute atomic E-state index is 4.25. The van der Waals surface area contributed by atoms with E-state index in [-0.39, 0.29) is 0 Å². The number of aryl methyl sites for hydroxylation is 2. The fourth-order valence-corrected chi connectivity index (χ4v) is 4.88. The summed E-state index contributed by atoms with van der Waals surface area (Å²) in [5.41, 5.74) is 12.8. The number of fused-ring (bicyclic) bond motifs is 1. The van der Waals surface area contributed by atoms with E-state index in [1.54, 1.807) is 0 Å². The Kier molecular flexibility index (Phi) is 7.18. The standard InChI is InChI=1S/C29H35N7/c1-4-5-15-35-33-32-34-36(35)25-11-12-28-27(19-25)26(13-14-30-20-23-9-7-6-8-10-23)29(31-28)24-17-21(2)16-22(3)18-24/h6-12,16-19,30-31H,4-5,13-15,20H2,1-3H3,(H,33,34). The zero-order valence-electron chi connectivity index (χ0n) is 21.4. The summed E-state index contributed by atoms with van der Waals surface area (Å²) >= 11 is 0. The van der Waals surface area contributed by atoms with Crippen molar-refractivity contribution in [2.45, 2.75) is 46.6 Å². The highest BCUT2D eigenvalue weighted by molar-refractivity contribution is 5.93. The number of aromatic nitrogens is 1. The Balaban J connectivity index is 1.47. The summed E-state index contributed by atoms with van der Waals surface area (Å²) in [5.74, 6) is 0. The lowest BCUT2D eigenvalue weighted by atomic mass is 9.99. The number of hydrazine groups is 2. The van der Waals surface area contributed by atoms with Crippen LogP contribution in [0.3, 0.4) is 0 Å². The van der Waals surface area contributed by atoms with Gasteiger partial charge in [-0.15, -0.1) is 0 Å². The van der Waals surface area contributed by atoms with E-state index in [1.807, 2.05) is 10.2 Å². The number of hydrogen-bond donors (Lipinski definition) is 3. The summed E-state index contributed by atoms with van der Waals surface area (Å²) in [6, 6.07) is 23.8. The Labute approximate surface area is 213 Å². The van der Waals surface area contributed by atoms with Gasteiger partial charge < -0.3 is 10.3 Å². The van der Waals surface area contributed by atoms with Crippen LogP contribution in [0.5, 0.6) is 0 Å². The molecule has 7 nitrogen and oxygen atoms in total. The predicted octanol–water partition coefficient (Wildman–Crippen LogP) is 6.41. The van der Waals surface area contributed by atoms with Gasteiger partial charge in [-0.05, 0) is 90.7 Å². The van der Waals surface area contributed by atoms with Crippen LogP contribution in [0.2, 0.25) is 0 Å². The molecular formula is C29H35N7. The average Bonchev–Trinajstić information content (AvgIpc) is 3.49. The van der Waals surface area contributed by atoms with E-state index in [2.05, 4.69) is 114 Å². The number of H-pyrrole nitrogens is 1. The van der Waals surface area contributed by atoms with Crippen LogP contribution in [0.1, 0.15) is 42.0 Å². The van der Waals surface area contributed by atoms with Crippen LogP contribution >= 0.6 is 0 Å². The van der Waals surface area contributed by atoms with Crippen molar-refractivity contribution < 1.29 is 0 Å². The third-order valence-corrected chi connectivity index (χ3v) is 6.60. The number of benzene rings is 3. The summed E-state index contributed by atoms with van der Waals surface area (Å²) in [6.07, 6.45) is 3.08. The van der Waals surface area contributed by atoms with Crippen molar-refractivity contribution in [2.24, 2.45) is 10.4 Å². The third kappa shape index (κ3) is 5.21. The van der Waals surface area contributed by atoms with E-state index in [1.165, 1.54) is 38.9 Å². The largest absolute Gasteiger partial charge is 0.354 e. The number of unbranched alkanes of at least 4 members (excludes halogenated alkanes) is 1. The fraction of sp³-hybridized carbons (Fsp3) is 0.310. The minimum absolute atomic E-state index is 0.822. The van der Waals surface area contributed by atoms with Crippen LogP contribution < -0.4 is 16.0 Å². The van der Waals surface area contributed by atoms with Crippen LogP contribution in [0, 0.1) is 13.8 Å². The molecule has 0 spiro atoms. The minimum atomic E-state index is 0.822. The highest BCUT2D eigenvalue weighted by Gasteiger charge is 2.21. The summed E-state index contributed by atoms with van der Waals surface area (Å²) in [7, 11) is 0. The number of anilines is 1. The number of nitrogens with zero attached hydrogens (tertiary/aromatic N) is 4. The Bertz CT molecular complexity index is 1320. The lowest BCUT2D eigenvalue weighted by Crippen LogP contribution is -2.42. The van der Waals surface area contributed by atoms with Gasteiger partial charge >= 0.3 is 0 Å². The number of hydrogen-bond acceptors (Lipinski definition) is 6. The monoisotopic (exact) mass is 481 g/mol. The summed E-state index contributed by atoms with van der Waals surface area (Å²) in [6.45, 7) is 9.08. The van der Waals surface area contributed by atoms with Gasteiger partial charge in [0.25, 0.3) is 0 Å². The smallest absolute Gasteiger partial charge is 0.0854 e. The molecule has 186 valence electrons. The van der Waals surface area contributed by atoms with Crippen molar-refractivity contribution in [1.82, 2.24) is 21.0 Å². The second kappa shape index (κ2) is 10.8. The Hall–Kier alpha value is -3.84. The quantitative estimate of drug-likeness (QED) is 0.229. The van der Waals surface area contributed by atoms with Crippen LogP contribution in [0.4, 0.5) is 5.69 Å². The van der Waals surface area contributed by atoms with Crippen molar-refractivity contribution in [3.63, 3.8) is 0 Å². The molecule has 0 atom stereocenters. The third-order valence-electron chi connectivity index (χ3n) is 6.60. The number of rotatable bonds is 10. The minimum Gasteiger partial charge on any atom is -0.354 e. The van der Waals surface area contributed by atoms with Gasteiger partial charge in [-0.3, -0.25) is 0 Å². The lowest BCUT2D eigenvalue weighted by Gasteiger charge is -2.25. The van der Waals surface area contributed by atoms with Gasteiger partial charge in [-0.2, -0.15) is 15.8 Å². The van der Waals surface area contributed by atoms with Gasteiger partial charge in [-0.1, -0.05) is 60.9 Å². The summed E-state index contributed by atoms with van der Waals surface area (Å²) in [5, 5.41) is 17.0. The van der Waals surface area contributed by atoms with Crippen LogP contribution in [0.25, 0.3) is 22.2 Å². The molecule has 0 saturated heterocycles. The van der Waals surface area contributed by atoms with E-state index in [0.29, 0.717) is 0 Å². The van der Waals surface area contributed by atoms with Crippen LogP contribution in [-0.4, -0.2) is 23.2 Å². The normalized spacial score (nSPS) is 13.1. The number of nitrogens with one attached hydrogen (secondary N) is 3. The topological polar surface area (TPSA) is 71.0 Å². The molecular weight excluding hydrogens is 446 g/mol. The molecule has 0 saturated carbocycles. The van der Waals surface area contributed by atoms with E-state index in [9.17, 15) is 0 Å². The molecule has 3 N–H and O–H groups in total. The lowest BCUT2D eigenvalue weighted by molar-refractivity contribution is 0.268. The maximum Gasteiger partial charge on any atom is 0.0854 e. The van der Waals surface area contributed by atoms with Crippen molar-refractivity contribution in [1.29, 1.82) is 0 Å². The Morgan fingerprint density at radius 1 is 0.944 bits per heavy atom. The van der Waals surface area contributed by atoms with Gasteiger partial charge in [-0.25, -0.2) is 0 Å². The molecule has 4 aromatic rings. The average molecular weight is 482 g/mol.